The number of amides is 1. The Bertz CT molecular complexity index is 1290. The molecule has 2 N–H and O–H groups in total. The molecule has 34 heavy (non-hydrogen) atoms. The number of hydrogen-bond acceptors (Lipinski definition) is 6. The van der Waals surface area contributed by atoms with E-state index in [9.17, 15) is 31.2 Å². The molecular weight excluding hydrogens is 477 g/mol. The monoisotopic (exact) mass is 496 g/mol. The number of sulfonamides is 1. The minimum Gasteiger partial charge on any atom is -0.461 e. The molecule has 1 aromatic heterocycles. The highest BCUT2D eigenvalue weighted by Gasteiger charge is 2.28. The van der Waals surface area contributed by atoms with Crippen molar-refractivity contribution < 1.29 is 35.9 Å². The molecule has 2 aromatic carbocycles. The number of carbonyl (C=O) groups is 2. The van der Waals surface area contributed by atoms with E-state index in [1.165, 1.54) is 41.1 Å². The van der Waals surface area contributed by atoms with Crippen molar-refractivity contribution in [1.29, 1.82) is 0 Å². The molecule has 1 amide bonds. The lowest BCUT2D eigenvalue weighted by molar-refractivity contribution is -0.123. The third kappa shape index (κ3) is 6.34. The number of benzene rings is 2. The summed E-state index contributed by atoms with van der Waals surface area (Å²) in [6, 6.07) is 12.1. The summed E-state index contributed by atoms with van der Waals surface area (Å²) in [6.07, 6.45) is -3.05. The van der Waals surface area contributed by atoms with Gasteiger partial charge < -0.3 is 10.1 Å². The molecule has 0 aliphatic rings. The third-order valence-electron chi connectivity index (χ3n) is 4.31. The van der Waals surface area contributed by atoms with Gasteiger partial charge in [-0.3, -0.25) is 9.52 Å². The normalized spacial score (nSPS) is 11.6. The van der Waals surface area contributed by atoms with Crippen molar-refractivity contribution in [2.45, 2.75) is 18.0 Å². The quantitative estimate of drug-likeness (QED) is 0.463. The molecule has 0 fully saturated rings. The molecule has 0 unspecified atom stereocenters. The maximum Gasteiger partial charge on any atom is 0.405 e. The van der Waals surface area contributed by atoms with E-state index in [-0.39, 0.29) is 28.4 Å². The molecule has 0 radical (unpaired) electrons. The van der Waals surface area contributed by atoms with Crippen LogP contribution in [0.2, 0.25) is 0 Å². The summed E-state index contributed by atoms with van der Waals surface area (Å²) >= 11 is 0. The molecule has 0 aliphatic heterocycles. The lowest BCUT2D eigenvalue weighted by atomic mass is 10.2. The fraction of sp³-hybridized carbons (Fsp3) is 0.190. The Hall–Kier alpha value is -3.87. The number of alkyl halides is 3. The average Bonchev–Trinajstić information content (AvgIpc) is 3.28. The molecule has 0 aliphatic carbocycles. The van der Waals surface area contributed by atoms with E-state index in [0.29, 0.717) is 5.69 Å². The van der Waals surface area contributed by atoms with Crippen LogP contribution in [0.15, 0.2) is 65.7 Å². The first-order chi connectivity index (χ1) is 16.0. The Morgan fingerprint density at radius 3 is 2.44 bits per heavy atom. The molecule has 1 heterocycles. The number of nitrogens with one attached hydrogen (secondary N) is 2. The SMILES string of the molecule is CCOC(=O)c1ccn(-c2ccc(NS(=O)(=O)c3cccc(C(=O)NCC(F)(F)F)c3)cc2)n1. The summed E-state index contributed by atoms with van der Waals surface area (Å²) in [7, 11) is -4.14. The van der Waals surface area contributed by atoms with Crippen molar-refractivity contribution in [3.8, 4) is 5.69 Å². The minimum atomic E-state index is -4.59. The first kappa shape index (κ1) is 24.8. The van der Waals surface area contributed by atoms with Gasteiger partial charge in [0.1, 0.15) is 6.54 Å². The molecule has 9 nitrogen and oxygen atoms in total. The van der Waals surface area contributed by atoms with Crippen molar-refractivity contribution in [2.24, 2.45) is 0 Å². The molecule has 0 bridgehead atoms. The predicted molar refractivity (Wildman–Crippen MR) is 115 cm³/mol. The van der Waals surface area contributed by atoms with Gasteiger partial charge in [-0.25, -0.2) is 17.9 Å². The summed E-state index contributed by atoms with van der Waals surface area (Å²) < 4.78 is 70.9. The summed E-state index contributed by atoms with van der Waals surface area (Å²) in [5, 5.41) is 5.79. The molecular formula is C21H19F3N4O5S. The van der Waals surface area contributed by atoms with Crippen LogP contribution < -0.4 is 10.0 Å². The van der Waals surface area contributed by atoms with Gasteiger partial charge in [-0.05, 0) is 55.5 Å². The molecule has 0 saturated heterocycles. The van der Waals surface area contributed by atoms with Gasteiger partial charge >= 0.3 is 12.1 Å². The number of rotatable bonds is 8. The molecule has 180 valence electrons. The van der Waals surface area contributed by atoms with Crippen molar-refractivity contribution in [2.75, 3.05) is 17.9 Å². The summed E-state index contributed by atoms with van der Waals surface area (Å²) in [6.45, 7) is 0.347. The van der Waals surface area contributed by atoms with Crippen molar-refractivity contribution in [3.63, 3.8) is 0 Å². The van der Waals surface area contributed by atoms with E-state index in [1.54, 1.807) is 30.6 Å². The van der Waals surface area contributed by atoms with E-state index < -0.39 is 34.6 Å². The number of nitrogens with zero attached hydrogens (tertiary/aromatic N) is 2. The number of aromatic nitrogens is 2. The van der Waals surface area contributed by atoms with Crippen LogP contribution in [-0.2, 0) is 14.8 Å². The smallest absolute Gasteiger partial charge is 0.405 e. The lowest BCUT2D eigenvalue weighted by Gasteiger charge is -2.11. The van der Waals surface area contributed by atoms with Gasteiger partial charge in [-0.1, -0.05) is 6.07 Å². The Balaban J connectivity index is 1.72. The zero-order valence-corrected chi connectivity index (χ0v) is 18.5. The van der Waals surface area contributed by atoms with Crippen LogP contribution in [0.3, 0.4) is 0 Å². The topological polar surface area (TPSA) is 119 Å². The van der Waals surface area contributed by atoms with E-state index in [4.69, 9.17) is 4.74 Å². The Morgan fingerprint density at radius 1 is 1.09 bits per heavy atom. The highest BCUT2D eigenvalue weighted by atomic mass is 32.2. The maximum atomic E-state index is 12.7. The first-order valence-electron chi connectivity index (χ1n) is 9.79. The maximum absolute atomic E-state index is 12.7. The second-order valence-corrected chi connectivity index (χ2v) is 8.53. The average molecular weight is 496 g/mol. The molecule has 13 heteroatoms. The van der Waals surface area contributed by atoms with Crippen LogP contribution in [0, 0.1) is 0 Å². The van der Waals surface area contributed by atoms with Crippen LogP contribution in [-0.4, -0.2) is 49.4 Å². The van der Waals surface area contributed by atoms with E-state index in [1.807, 2.05) is 0 Å². The van der Waals surface area contributed by atoms with E-state index >= 15 is 0 Å². The Morgan fingerprint density at radius 2 is 1.79 bits per heavy atom. The van der Waals surface area contributed by atoms with Gasteiger partial charge in [0.05, 0.1) is 17.2 Å². The zero-order valence-electron chi connectivity index (χ0n) is 17.7. The van der Waals surface area contributed by atoms with Gasteiger partial charge in [0, 0.05) is 17.4 Å². The fourth-order valence-electron chi connectivity index (χ4n) is 2.76. The number of anilines is 1. The van der Waals surface area contributed by atoms with Crippen LogP contribution in [0.25, 0.3) is 5.69 Å². The standard InChI is InChI=1S/C21H19F3N4O5S/c1-2-33-20(30)18-10-11-28(26-18)16-8-6-15(7-9-16)27-34(31,32)17-5-3-4-14(12-17)19(29)25-13-21(22,23)24/h3-12,27H,2,13H2,1H3,(H,25,29). The van der Waals surface area contributed by atoms with Gasteiger partial charge in [-0.15, -0.1) is 0 Å². The van der Waals surface area contributed by atoms with Crippen LogP contribution >= 0.6 is 0 Å². The van der Waals surface area contributed by atoms with Crippen molar-refractivity contribution in [1.82, 2.24) is 15.1 Å². The van der Waals surface area contributed by atoms with Crippen LogP contribution in [0.5, 0.6) is 0 Å². The highest BCUT2D eigenvalue weighted by molar-refractivity contribution is 7.92. The van der Waals surface area contributed by atoms with Crippen molar-refractivity contribution >= 4 is 27.6 Å². The third-order valence-corrected chi connectivity index (χ3v) is 5.69. The number of esters is 1. The number of ether oxygens (including phenoxy) is 1. The second kappa shape index (κ2) is 9.95. The Kier molecular flexibility index (Phi) is 7.25. The van der Waals surface area contributed by atoms with Crippen molar-refractivity contribution in [3.05, 3.63) is 72.1 Å². The fourth-order valence-corrected chi connectivity index (χ4v) is 3.87. The van der Waals surface area contributed by atoms with Crippen LogP contribution in [0.1, 0.15) is 27.8 Å². The summed E-state index contributed by atoms with van der Waals surface area (Å²) in [5.41, 5.74) is 0.611. The minimum absolute atomic E-state index is 0.116. The molecule has 3 rings (SSSR count). The Labute approximate surface area is 192 Å². The largest absolute Gasteiger partial charge is 0.461 e. The van der Waals surface area contributed by atoms with Gasteiger partial charge in [0.25, 0.3) is 15.9 Å². The van der Waals surface area contributed by atoms with Gasteiger partial charge in [0.2, 0.25) is 0 Å². The predicted octanol–water partition coefficient (Wildman–Crippen LogP) is 3.14. The lowest BCUT2D eigenvalue weighted by Crippen LogP contribution is -2.33. The first-order valence-corrected chi connectivity index (χ1v) is 11.3. The van der Waals surface area contributed by atoms with E-state index in [0.717, 1.165) is 6.07 Å². The number of halogens is 3. The summed E-state index contributed by atoms with van der Waals surface area (Å²) in [4.78, 5) is 23.3. The summed E-state index contributed by atoms with van der Waals surface area (Å²) in [5.74, 6) is -1.62. The number of hydrogen-bond donors (Lipinski definition) is 2. The highest BCUT2D eigenvalue weighted by Crippen LogP contribution is 2.20. The number of carbonyl (C=O) groups excluding carboxylic acids is 2. The van der Waals surface area contributed by atoms with Gasteiger partial charge in [0.15, 0.2) is 5.69 Å². The van der Waals surface area contributed by atoms with Crippen LogP contribution in [0.4, 0.5) is 18.9 Å². The van der Waals surface area contributed by atoms with E-state index in [2.05, 4.69) is 9.82 Å². The molecule has 0 saturated carbocycles. The molecule has 3 aromatic rings. The van der Waals surface area contributed by atoms with Gasteiger partial charge in [-0.2, -0.15) is 18.3 Å². The molecule has 0 spiro atoms. The second-order valence-electron chi connectivity index (χ2n) is 6.84. The zero-order chi connectivity index (χ0) is 24.9. The molecule has 0 atom stereocenters.